The summed E-state index contributed by atoms with van der Waals surface area (Å²) in [5.74, 6) is 5.86. The number of nitrogens with two attached hydrogens (primary N) is 2. The van der Waals surface area contributed by atoms with Crippen LogP contribution >= 0.6 is 0 Å². The third kappa shape index (κ3) is 3.92. The Morgan fingerprint density at radius 2 is 2.00 bits per heavy atom. The molecule has 0 saturated heterocycles. The lowest BCUT2D eigenvalue weighted by Gasteiger charge is -2.12. The number of hydrogen-bond donors (Lipinski definition) is 4. The van der Waals surface area contributed by atoms with Crippen molar-refractivity contribution in [2.45, 2.75) is 36.6 Å². The summed E-state index contributed by atoms with van der Waals surface area (Å²) in [5.41, 5.74) is 3.06. The average molecular weight is 297 g/mol. The van der Waals surface area contributed by atoms with E-state index in [0.29, 0.717) is 11.6 Å². The molecule has 20 heavy (non-hydrogen) atoms. The molecule has 0 aliphatic heterocycles. The van der Waals surface area contributed by atoms with Crippen molar-refractivity contribution >= 4 is 21.7 Å². The van der Waals surface area contributed by atoms with E-state index in [1.165, 1.54) is 25.0 Å². The van der Waals surface area contributed by atoms with Gasteiger partial charge in [-0.15, -0.1) is 0 Å². The minimum absolute atomic E-state index is 0.0414. The van der Waals surface area contributed by atoms with Gasteiger partial charge in [0.15, 0.2) is 0 Å². The maximum atomic E-state index is 11.3. The normalized spacial score (nSPS) is 17.2. The van der Waals surface area contributed by atoms with Crippen LogP contribution < -0.4 is 21.7 Å². The molecule has 0 bridgehead atoms. The number of nitrogens with one attached hydrogen (secondary N) is 2. The molecule has 0 atom stereocenters. The Bertz CT molecular complexity index is 594. The predicted octanol–water partition coefficient (Wildman–Crippen LogP) is 0.508. The van der Waals surface area contributed by atoms with E-state index in [9.17, 15) is 8.42 Å². The van der Waals surface area contributed by atoms with Gasteiger partial charge in [-0.1, -0.05) is 18.9 Å². The Morgan fingerprint density at radius 1 is 1.30 bits per heavy atom. The first kappa shape index (κ1) is 14.8. The minimum Gasteiger partial charge on any atom is -0.325 e. The molecule has 1 fully saturated rings. The summed E-state index contributed by atoms with van der Waals surface area (Å²) < 4.78 is 22.6. The fourth-order valence-electron chi connectivity index (χ4n) is 2.21. The first-order chi connectivity index (χ1) is 9.49. The van der Waals surface area contributed by atoms with Crippen molar-refractivity contribution in [3.63, 3.8) is 0 Å². The summed E-state index contributed by atoms with van der Waals surface area (Å²) in [4.78, 5) is 4.51. The van der Waals surface area contributed by atoms with Crippen molar-refractivity contribution in [2.24, 2.45) is 16.0 Å². The number of hydrogen-bond acceptors (Lipinski definition) is 4. The van der Waals surface area contributed by atoms with Crippen molar-refractivity contribution in [3.8, 4) is 0 Å². The molecule has 1 aliphatic carbocycles. The molecular formula is C12H19N5O2S. The number of rotatable bonds is 3. The fourth-order valence-corrected chi connectivity index (χ4v) is 2.77. The molecule has 6 N–H and O–H groups in total. The summed E-state index contributed by atoms with van der Waals surface area (Å²) in [7, 11) is -3.72. The quantitative estimate of drug-likeness (QED) is 0.280. The van der Waals surface area contributed by atoms with Crippen LogP contribution in [0.15, 0.2) is 34.2 Å². The van der Waals surface area contributed by atoms with Crippen LogP contribution in [0.5, 0.6) is 0 Å². The highest BCUT2D eigenvalue weighted by atomic mass is 32.2. The Labute approximate surface area is 118 Å². The summed E-state index contributed by atoms with van der Waals surface area (Å²) in [5, 5.41) is 8.06. The van der Waals surface area contributed by atoms with E-state index in [1.54, 1.807) is 12.1 Å². The van der Waals surface area contributed by atoms with Gasteiger partial charge in [-0.25, -0.2) is 24.4 Å². The molecule has 1 saturated carbocycles. The maximum absolute atomic E-state index is 11.3. The van der Waals surface area contributed by atoms with E-state index in [4.69, 9.17) is 11.0 Å². The van der Waals surface area contributed by atoms with Crippen molar-refractivity contribution in [1.29, 1.82) is 0 Å². The van der Waals surface area contributed by atoms with Gasteiger partial charge in [0.05, 0.1) is 10.9 Å². The third-order valence-corrected chi connectivity index (χ3v) is 4.11. The van der Waals surface area contributed by atoms with Crippen molar-refractivity contribution in [1.82, 2.24) is 5.43 Å². The van der Waals surface area contributed by atoms with Crippen LogP contribution in [0.25, 0.3) is 0 Å². The molecule has 0 unspecified atom stereocenters. The van der Waals surface area contributed by atoms with Gasteiger partial charge in [0.1, 0.15) is 0 Å². The molecule has 2 rings (SSSR count). The van der Waals surface area contributed by atoms with Gasteiger partial charge < -0.3 is 5.32 Å². The number of anilines is 1. The second-order valence-corrected chi connectivity index (χ2v) is 6.32. The zero-order chi connectivity index (χ0) is 14.6. The highest BCUT2D eigenvalue weighted by Crippen LogP contribution is 2.21. The van der Waals surface area contributed by atoms with Gasteiger partial charge in [-0.05, 0) is 31.0 Å². The highest BCUT2D eigenvalue weighted by Gasteiger charge is 2.15. The van der Waals surface area contributed by atoms with Gasteiger partial charge in [0, 0.05) is 5.69 Å². The molecule has 1 aromatic carbocycles. The molecule has 0 spiro atoms. The average Bonchev–Trinajstić information content (AvgIpc) is 2.90. The molecule has 0 radical (unpaired) electrons. The lowest BCUT2D eigenvalue weighted by atomic mass is 10.3. The highest BCUT2D eigenvalue weighted by molar-refractivity contribution is 7.89. The summed E-state index contributed by atoms with van der Waals surface area (Å²) in [6.45, 7) is 0. The van der Waals surface area contributed by atoms with E-state index in [-0.39, 0.29) is 10.9 Å². The lowest BCUT2D eigenvalue weighted by Crippen LogP contribution is -2.37. The van der Waals surface area contributed by atoms with Gasteiger partial charge in [-0.3, -0.25) is 5.43 Å². The molecule has 0 heterocycles. The number of benzene rings is 1. The molecule has 7 nitrogen and oxygen atoms in total. The number of sulfonamides is 1. The second kappa shape index (κ2) is 6.21. The number of hydrazine groups is 1. The van der Waals surface area contributed by atoms with Gasteiger partial charge >= 0.3 is 0 Å². The zero-order valence-electron chi connectivity index (χ0n) is 11.0. The standard InChI is InChI=1S/C12H19N5O2S/c13-17-12(15-9-4-1-2-5-9)16-10-6-3-7-11(8-10)20(14,18)19/h3,6-9H,1-2,4-5,13H2,(H2,14,18,19)(H2,15,16,17). The van der Waals surface area contributed by atoms with Gasteiger partial charge in [-0.2, -0.15) is 0 Å². The Morgan fingerprint density at radius 3 is 2.60 bits per heavy atom. The minimum atomic E-state index is -3.72. The summed E-state index contributed by atoms with van der Waals surface area (Å²) >= 11 is 0. The molecule has 0 amide bonds. The van der Waals surface area contributed by atoms with Gasteiger partial charge in [0.2, 0.25) is 16.0 Å². The van der Waals surface area contributed by atoms with Crippen LogP contribution in [-0.4, -0.2) is 20.4 Å². The van der Waals surface area contributed by atoms with Crippen molar-refractivity contribution < 1.29 is 8.42 Å². The molecule has 1 aromatic rings. The summed E-state index contributed by atoms with van der Waals surface area (Å²) in [6, 6.07) is 6.46. The van der Waals surface area contributed by atoms with E-state index >= 15 is 0 Å². The molecule has 110 valence electrons. The lowest BCUT2D eigenvalue weighted by molar-refractivity contribution is 0.598. The van der Waals surface area contributed by atoms with Crippen LogP contribution in [0, 0.1) is 0 Å². The van der Waals surface area contributed by atoms with Crippen LogP contribution in [-0.2, 0) is 10.0 Å². The second-order valence-electron chi connectivity index (χ2n) is 4.76. The maximum Gasteiger partial charge on any atom is 0.238 e. The van der Waals surface area contributed by atoms with E-state index < -0.39 is 10.0 Å². The van der Waals surface area contributed by atoms with Crippen molar-refractivity contribution in [3.05, 3.63) is 24.3 Å². The van der Waals surface area contributed by atoms with Crippen LogP contribution in [0.4, 0.5) is 5.69 Å². The Kier molecular flexibility index (Phi) is 4.58. The first-order valence-electron chi connectivity index (χ1n) is 6.43. The topological polar surface area (TPSA) is 123 Å². The summed E-state index contributed by atoms with van der Waals surface area (Å²) in [6.07, 6.45) is 4.44. The first-order valence-corrected chi connectivity index (χ1v) is 7.98. The molecule has 0 aromatic heterocycles. The molecular weight excluding hydrogens is 278 g/mol. The van der Waals surface area contributed by atoms with Crippen LogP contribution in [0.1, 0.15) is 25.7 Å². The Balaban J connectivity index is 2.15. The smallest absolute Gasteiger partial charge is 0.238 e. The van der Waals surface area contributed by atoms with Gasteiger partial charge in [0.25, 0.3) is 0 Å². The SMILES string of the molecule is NNC(=NC1CCCC1)Nc1cccc(S(N)(=O)=O)c1. The van der Waals surface area contributed by atoms with Crippen molar-refractivity contribution in [2.75, 3.05) is 5.32 Å². The number of nitrogens with zero attached hydrogens (tertiary/aromatic N) is 1. The predicted molar refractivity (Wildman–Crippen MR) is 78.5 cm³/mol. The van der Waals surface area contributed by atoms with E-state index in [2.05, 4.69) is 15.7 Å². The fraction of sp³-hybridized carbons (Fsp3) is 0.417. The third-order valence-electron chi connectivity index (χ3n) is 3.20. The monoisotopic (exact) mass is 297 g/mol. The van der Waals surface area contributed by atoms with Crippen LogP contribution in [0.2, 0.25) is 0 Å². The molecule has 8 heteroatoms. The van der Waals surface area contributed by atoms with E-state index in [0.717, 1.165) is 12.8 Å². The largest absolute Gasteiger partial charge is 0.325 e. The number of aliphatic imine (C=N–C) groups is 1. The molecule has 1 aliphatic rings. The zero-order valence-corrected chi connectivity index (χ0v) is 11.9. The Hall–Kier alpha value is -1.64. The van der Waals surface area contributed by atoms with Crippen LogP contribution in [0.3, 0.4) is 0 Å². The number of primary sulfonamides is 1. The van der Waals surface area contributed by atoms with E-state index in [1.807, 2.05) is 0 Å². The number of guanidine groups is 1.